The molecular weight excluding hydrogens is 473 g/mol. The van der Waals surface area contributed by atoms with Crippen molar-refractivity contribution in [2.45, 2.75) is 38.4 Å². The summed E-state index contributed by atoms with van der Waals surface area (Å²) in [5.41, 5.74) is 0.179. The lowest BCUT2D eigenvalue weighted by atomic mass is 9.88. The number of benzene rings is 1. The molecule has 2 atom stereocenters. The number of halogens is 5. The molecule has 0 spiro atoms. The van der Waals surface area contributed by atoms with Crippen molar-refractivity contribution in [1.82, 2.24) is 24.6 Å². The number of hydrogen-bond acceptors (Lipinski definition) is 5. The average molecular weight is 495 g/mol. The van der Waals surface area contributed by atoms with Crippen LogP contribution in [0.15, 0.2) is 48.8 Å². The normalized spacial score (nSPS) is 20.0. The molecule has 0 N–H and O–H groups in total. The van der Waals surface area contributed by atoms with Crippen molar-refractivity contribution in [2.75, 3.05) is 13.2 Å². The summed E-state index contributed by atoms with van der Waals surface area (Å²) in [5.74, 6) is -4.46. The van der Waals surface area contributed by atoms with Gasteiger partial charge in [-0.1, -0.05) is 25.1 Å². The van der Waals surface area contributed by atoms with E-state index in [1.54, 1.807) is 44.2 Å². The largest absolute Gasteiger partial charge is 0.461 e. The number of carbonyl (C=O) groups excluding carboxylic acids is 1. The first-order valence-corrected chi connectivity index (χ1v) is 10.8. The molecular formula is C23H22F5N5O2. The first-order chi connectivity index (χ1) is 16.4. The van der Waals surface area contributed by atoms with Crippen LogP contribution in [0.3, 0.4) is 0 Å². The Morgan fingerprint density at radius 1 is 1.17 bits per heavy atom. The first-order valence-electron chi connectivity index (χ1n) is 10.8. The van der Waals surface area contributed by atoms with Crippen molar-refractivity contribution >= 4 is 5.91 Å². The Morgan fingerprint density at radius 3 is 2.46 bits per heavy atom. The number of aromatic nitrogens is 4. The Hall–Kier alpha value is -3.57. The van der Waals surface area contributed by atoms with E-state index < -0.39 is 48.5 Å². The zero-order valence-electron chi connectivity index (χ0n) is 18.8. The Kier molecular flexibility index (Phi) is 6.48. The topological polar surface area (TPSA) is 73.1 Å². The minimum absolute atomic E-state index is 0.106. The monoisotopic (exact) mass is 495 g/mol. The number of likely N-dealkylation sites (tertiary alicyclic amines) is 1. The van der Waals surface area contributed by atoms with Gasteiger partial charge in [-0.2, -0.15) is 18.3 Å². The second kappa shape index (κ2) is 9.23. The van der Waals surface area contributed by atoms with Crippen LogP contribution in [-0.4, -0.2) is 55.7 Å². The minimum Gasteiger partial charge on any atom is -0.461 e. The molecule has 0 aliphatic carbocycles. The van der Waals surface area contributed by atoms with Gasteiger partial charge in [-0.15, -0.1) is 0 Å². The molecule has 186 valence electrons. The molecule has 1 aliphatic rings. The summed E-state index contributed by atoms with van der Waals surface area (Å²) < 4.78 is 74.1. The number of carbonyl (C=O) groups is 1. The van der Waals surface area contributed by atoms with Gasteiger partial charge in [-0.25, -0.2) is 23.4 Å². The molecule has 1 amide bonds. The summed E-state index contributed by atoms with van der Waals surface area (Å²) in [7, 11) is 0. The minimum atomic E-state index is -4.61. The van der Waals surface area contributed by atoms with E-state index in [9.17, 15) is 26.7 Å². The Balaban J connectivity index is 1.60. The molecule has 1 fully saturated rings. The smallest absolute Gasteiger partial charge is 0.419 e. The summed E-state index contributed by atoms with van der Waals surface area (Å²) in [6.45, 7) is 2.14. The number of para-hydroxylation sites is 1. The predicted molar refractivity (Wildman–Crippen MR) is 114 cm³/mol. The Bertz CT molecular complexity index is 1180. The molecule has 0 bridgehead atoms. The van der Waals surface area contributed by atoms with Crippen molar-refractivity contribution in [2.24, 2.45) is 5.92 Å². The SMILES string of the molecule is Cc1cc(C(=O)N2CC(F)(F)C[C@@H](C)[C@H]2COc2ncc(C(F)(F)F)cn2)n(-c2ccccc2)n1. The van der Waals surface area contributed by atoms with Crippen LogP contribution in [0.4, 0.5) is 22.0 Å². The lowest BCUT2D eigenvalue weighted by molar-refractivity contribution is -0.138. The molecule has 2 aromatic heterocycles. The molecule has 0 radical (unpaired) electrons. The highest BCUT2D eigenvalue weighted by Crippen LogP contribution is 2.36. The van der Waals surface area contributed by atoms with E-state index in [0.29, 0.717) is 23.8 Å². The third-order valence-corrected chi connectivity index (χ3v) is 5.73. The number of alkyl halides is 5. The fraction of sp³-hybridized carbons (Fsp3) is 0.391. The maximum absolute atomic E-state index is 14.5. The number of amides is 1. The fourth-order valence-corrected chi connectivity index (χ4v) is 4.08. The van der Waals surface area contributed by atoms with E-state index in [1.165, 1.54) is 10.7 Å². The first kappa shape index (κ1) is 24.6. The quantitative estimate of drug-likeness (QED) is 0.486. The van der Waals surface area contributed by atoms with Gasteiger partial charge >= 0.3 is 12.2 Å². The lowest BCUT2D eigenvalue weighted by Gasteiger charge is -2.43. The zero-order valence-corrected chi connectivity index (χ0v) is 18.8. The second-order valence-electron chi connectivity index (χ2n) is 8.52. The van der Waals surface area contributed by atoms with E-state index in [-0.39, 0.29) is 18.3 Å². The second-order valence-corrected chi connectivity index (χ2v) is 8.52. The van der Waals surface area contributed by atoms with Gasteiger partial charge in [0.05, 0.1) is 29.5 Å². The van der Waals surface area contributed by atoms with E-state index in [2.05, 4.69) is 15.1 Å². The molecule has 1 aromatic carbocycles. The van der Waals surface area contributed by atoms with Crippen LogP contribution < -0.4 is 4.74 Å². The summed E-state index contributed by atoms with van der Waals surface area (Å²) in [6, 6.07) is 9.16. The van der Waals surface area contributed by atoms with Crippen molar-refractivity contribution in [3.63, 3.8) is 0 Å². The molecule has 0 saturated carbocycles. The molecule has 7 nitrogen and oxygen atoms in total. The summed E-state index contributed by atoms with van der Waals surface area (Å²) in [6.07, 6.45) is -3.93. The number of nitrogens with zero attached hydrogens (tertiary/aromatic N) is 5. The highest BCUT2D eigenvalue weighted by atomic mass is 19.4. The van der Waals surface area contributed by atoms with Gasteiger partial charge < -0.3 is 9.64 Å². The van der Waals surface area contributed by atoms with Gasteiger partial charge in [0.15, 0.2) is 0 Å². The number of rotatable bonds is 5. The standard InChI is InChI=1S/C23H22F5N5O2/c1-14-9-22(24,25)13-32(19(14)12-35-21-29-10-16(11-30-21)23(26,27)28)20(34)18-8-15(2)31-33(18)17-6-4-3-5-7-17/h3-8,10-11,14,19H,9,12-13H2,1-2H3/t14-,19-/m1/s1. The highest BCUT2D eigenvalue weighted by Gasteiger charge is 2.47. The van der Waals surface area contributed by atoms with Gasteiger partial charge in [0.1, 0.15) is 12.3 Å². The van der Waals surface area contributed by atoms with E-state index in [4.69, 9.17) is 4.74 Å². The van der Waals surface area contributed by atoms with Crippen molar-refractivity contribution in [3.05, 3.63) is 65.7 Å². The van der Waals surface area contributed by atoms with Crippen LogP contribution in [0.1, 0.15) is 35.1 Å². The zero-order chi connectivity index (χ0) is 25.4. The van der Waals surface area contributed by atoms with E-state index in [0.717, 1.165) is 4.90 Å². The van der Waals surface area contributed by atoms with Crippen LogP contribution in [0.5, 0.6) is 6.01 Å². The fourth-order valence-electron chi connectivity index (χ4n) is 4.08. The number of hydrogen-bond donors (Lipinski definition) is 0. The number of piperidine rings is 1. The van der Waals surface area contributed by atoms with Gasteiger partial charge in [0, 0.05) is 18.8 Å². The van der Waals surface area contributed by atoms with E-state index in [1.807, 2.05) is 0 Å². The van der Waals surface area contributed by atoms with Crippen LogP contribution in [0.25, 0.3) is 5.69 Å². The molecule has 4 rings (SSSR count). The Labute approximate surface area is 197 Å². The molecule has 1 aliphatic heterocycles. The van der Waals surface area contributed by atoms with Gasteiger partial charge in [-0.05, 0) is 31.0 Å². The Morgan fingerprint density at radius 2 is 1.83 bits per heavy atom. The molecule has 3 heterocycles. The lowest BCUT2D eigenvalue weighted by Crippen LogP contribution is -2.57. The van der Waals surface area contributed by atoms with Crippen LogP contribution >= 0.6 is 0 Å². The molecule has 35 heavy (non-hydrogen) atoms. The number of ether oxygens (including phenoxy) is 1. The third kappa shape index (κ3) is 5.41. The summed E-state index contributed by atoms with van der Waals surface area (Å²) in [4.78, 5) is 21.7. The van der Waals surface area contributed by atoms with Crippen LogP contribution in [0, 0.1) is 12.8 Å². The maximum Gasteiger partial charge on any atom is 0.419 e. The van der Waals surface area contributed by atoms with E-state index >= 15 is 0 Å². The summed E-state index contributed by atoms with van der Waals surface area (Å²) >= 11 is 0. The van der Waals surface area contributed by atoms with Gasteiger partial charge in [0.2, 0.25) is 0 Å². The highest BCUT2D eigenvalue weighted by molar-refractivity contribution is 5.93. The number of aryl methyl sites for hydroxylation is 1. The van der Waals surface area contributed by atoms with Crippen LogP contribution in [-0.2, 0) is 6.18 Å². The molecule has 0 unspecified atom stereocenters. The predicted octanol–water partition coefficient (Wildman–Crippen LogP) is 4.55. The van der Waals surface area contributed by atoms with Gasteiger partial charge in [0.25, 0.3) is 11.8 Å². The molecule has 3 aromatic rings. The summed E-state index contributed by atoms with van der Waals surface area (Å²) in [5, 5.41) is 4.34. The van der Waals surface area contributed by atoms with Crippen molar-refractivity contribution in [1.29, 1.82) is 0 Å². The van der Waals surface area contributed by atoms with Crippen molar-refractivity contribution < 1.29 is 31.5 Å². The third-order valence-electron chi connectivity index (χ3n) is 5.73. The van der Waals surface area contributed by atoms with Crippen molar-refractivity contribution in [3.8, 4) is 11.7 Å². The molecule has 12 heteroatoms. The average Bonchev–Trinajstić information content (AvgIpc) is 3.19. The molecule has 1 saturated heterocycles. The van der Waals surface area contributed by atoms with Gasteiger partial charge in [-0.3, -0.25) is 4.79 Å². The van der Waals surface area contributed by atoms with Crippen LogP contribution in [0.2, 0.25) is 0 Å². The maximum atomic E-state index is 14.5.